The molecular formula is C17H15ClFN3O2. The minimum Gasteiger partial charge on any atom is -0.340 e. The number of carbonyl (C=O) groups is 2. The van der Waals surface area contributed by atoms with Crippen molar-refractivity contribution in [3.8, 4) is 0 Å². The molecule has 2 amide bonds. The Morgan fingerprint density at radius 3 is 2.88 bits per heavy atom. The first-order valence-electron chi connectivity index (χ1n) is 7.54. The highest BCUT2D eigenvalue weighted by atomic mass is 35.5. The zero-order valence-corrected chi connectivity index (χ0v) is 13.5. The lowest BCUT2D eigenvalue weighted by Gasteiger charge is -2.32. The number of amides is 2. The van der Waals surface area contributed by atoms with Crippen molar-refractivity contribution in [2.45, 2.75) is 18.9 Å². The van der Waals surface area contributed by atoms with Crippen molar-refractivity contribution in [1.29, 1.82) is 0 Å². The Morgan fingerprint density at radius 2 is 2.17 bits per heavy atom. The van der Waals surface area contributed by atoms with Crippen LogP contribution in [-0.2, 0) is 4.79 Å². The van der Waals surface area contributed by atoms with Crippen molar-refractivity contribution in [3.63, 3.8) is 0 Å². The Labute approximate surface area is 143 Å². The molecule has 2 heterocycles. The van der Waals surface area contributed by atoms with Gasteiger partial charge in [0.25, 0.3) is 5.91 Å². The molecule has 1 N–H and O–H groups in total. The lowest BCUT2D eigenvalue weighted by Crippen LogP contribution is -2.52. The monoisotopic (exact) mass is 347 g/mol. The highest BCUT2D eigenvalue weighted by Crippen LogP contribution is 2.22. The van der Waals surface area contributed by atoms with Gasteiger partial charge in [-0.1, -0.05) is 17.7 Å². The van der Waals surface area contributed by atoms with Crippen LogP contribution in [0.2, 0.25) is 5.02 Å². The smallest absolute Gasteiger partial charge is 0.256 e. The standard InChI is InChI=1S/C17H15ClFN3O2/c18-12-5-1-6-13(19)15(12)16(23)21-14-7-3-9-22(17(14)24)11-4-2-8-20-10-11/h1-2,4-6,8,10,14H,3,7,9H2,(H,21,23)/t14-/m0/s1. The normalized spacial score (nSPS) is 17.7. The van der Waals surface area contributed by atoms with E-state index in [4.69, 9.17) is 11.6 Å². The number of halogens is 2. The molecule has 1 atom stereocenters. The molecule has 1 aliphatic heterocycles. The van der Waals surface area contributed by atoms with E-state index in [0.29, 0.717) is 18.7 Å². The summed E-state index contributed by atoms with van der Waals surface area (Å²) in [7, 11) is 0. The Morgan fingerprint density at radius 1 is 1.33 bits per heavy atom. The van der Waals surface area contributed by atoms with Crippen LogP contribution in [0, 0.1) is 5.82 Å². The van der Waals surface area contributed by atoms with Gasteiger partial charge in [0.05, 0.1) is 22.5 Å². The van der Waals surface area contributed by atoms with Crippen LogP contribution in [0.4, 0.5) is 10.1 Å². The molecule has 3 rings (SSSR count). The molecule has 0 spiro atoms. The highest BCUT2D eigenvalue weighted by Gasteiger charge is 2.32. The number of benzene rings is 1. The van der Waals surface area contributed by atoms with Crippen LogP contribution >= 0.6 is 11.6 Å². The number of nitrogens with one attached hydrogen (secondary N) is 1. The van der Waals surface area contributed by atoms with Crippen molar-refractivity contribution in [1.82, 2.24) is 10.3 Å². The van der Waals surface area contributed by atoms with Crippen molar-refractivity contribution in [2.75, 3.05) is 11.4 Å². The summed E-state index contributed by atoms with van der Waals surface area (Å²) < 4.78 is 13.8. The average Bonchev–Trinajstić information content (AvgIpc) is 2.57. The second kappa shape index (κ2) is 6.97. The lowest BCUT2D eigenvalue weighted by molar-refractivity contribution is -0.121. The summed E-state index contributed by atoms with van der Waals surface area (Å²) in [6.45, 7) is 0.553. The Kier molecular flexibility index (Phi) is 4.76. The Balaban J connectivity index is 1.78. The zero-order chi connectivity index (χ0) is 17.1. The van der Waals surface area contributed by atoms with E-state index in [1.807, 2.05) is 0 Å². The Bertz CT molecular complexity index is 749. The Hall–Kier alpha value is -2.47. The number of aromatic nitrogens is 1. The molecule has 1 saturated heterocycles. The molecular weight excluding hydrogens is 333 g/mol. The molecule has 2 aromatic rings. The number of nitrogens with zero attached hydrogens (tertiary/aromatic N) is 2. The van der Waals surface area contributed by atoms with Gasteiger partial charge in [0.2, 0.25) is 5.91 Å². The van der Waals surface area contributed by atoms with E-state index >= 15 is 0 Å². The number of hydrogen-bond acceptors (Lipinski definition) is 3. The molecule has 0 radical (unpaired) electrons. The molecule has 5 nitrogen and oxygen atoms in total. The van der Waals surface area contributed by atoms with Gasteiger partial charge in [-0.15, -0.1) is 0 Å². The summed E-state index contributed by atoms with van der Waals surface area (Å²) >= 11 is 5.90. The third-order valence-corrected chi connectivity index (χ3v) is 4.21. The summed E-state index contributed by atoms with van der Waals surface area (Å²) in [5, 5.41) is 2.61. The second-order valence-corrected chi connectivity index (χ2v) is 5.87. The van der Waals surface area contributed by atoms with Crippen LogP contribution in [0.5, 0.6) is 0 Å². The number of pyridine rings is 1. The maximum Gasteiger partial charge on any atom is 0.256 e. The average molecular weight is 348 g/mol. The van der Waals surface area contributed by atoms with Crippen molar-refractivity contribution < 1.29 is 14.0 Å². The maximum absolute atomic E-state index is 13.8. The predicted molar refractivity (Wildman–Crippen MR) is 88.5 cm³/mol. The van der Waals surface area contributed by atoms with E-state index in [2.05, 4.69) is 10.3 Å². The fraction of sp³-hybridized carbons (Fsp3) is 0.235. The number of carbonyl (C=O) groups excluding carboxylic acids is 2. The van der Waals surface area contributed by atoms with Gasteiger partial charge in [-0.2, -0.15) is 0 Å². The van der Waals surface area contributed by atoms with E-state index in [0.717, 1.165) is 12.5 Å². The van der Waals surface area contributed by atoms with Crippen LogP contribution in [0.15, 0.2) is 42.7 Å². The van der Waals surface area contributed by atoms with Crippen molar-refractivity contribution in [2.24, 2.45) is 0 Å². The number of anilines is 1. The molecule has 0 bridgehead atoms. The number of hydrogen-bond donors (Lipinski definition) is 1. The third-order valence-electron chi connectivity index (χ3n) is 3.89. The first kappa shape index (κ1) is 16.4. The van der Waals surface area contributed by atoms with Crippen molar-refractivity contribution in [3.05, 3.63) is 59.1 Å². The first-order valence-corrected chi connectivity index (χ1v) is 7.92. The number of rotatable bonds is 3. The third kappa shape index (κ3) is 3.23. The minimum atomic E-state index is -0.720. The SMILES string of the molecule is O=C(N[C@H]1CCCN(c2cccnc2)C1=O)c1c(F)cccc1Cl. The van der Waals surface area contributed by atoms with E-state index in [-0.39, 0.29) is 16.5 Å². The van der Waals surface area contributed by atoms with Crippen LogP contribution in [0.25, 0.3) is 0 Å². The fourth-order valence-corrected chi connectivity index (χ4v) is 2.97. The topological polar surface area (TPSA) is 62.3 Å². The molecule has 1 aliphatic rings. The zero-order valence-electron chi connectivity index (χ0n) is 12.7. The van der Waals surface area contributed by atoms with Crippen LogP contribution in [0.1, 0.15) is 23.2 Å². The van der Waals surface area contributed by atoms with Gasteiger partial charge in [-0.3, -0.25) is 14.6 Å². The quantitative estimate of drug-likeness (QED) is 0.928. The van der Waals surface area contributed by atoms with E-state index < -0.39 is 17.8 Å². The summed E-state index contributed by atoms with van der Waals surface area (Å²) in [4.78, 5) is 30.5. The molecule has 0 aliphatic carbocycles. The van der Waals surface area contributed by atoms with Crippen LogP contribution in [-0.4, -0.2) is 29.4 Å². The van der Waals surface area contributed by atoms with Gasteiger partial charge in [0.1, 0.15) is 11.9 Å². The van der Waals surface area contributed by atoms with Gasteiger partial charge < -0.3 is 10.2 Å². The van der Waals surface area contributed by atoms with Gasteiger partial charge in [0, 0.05) is 12.7 Å². The summed E-state index contributed by atoms with van der Waals surface area (Å²) in [5.41, 5.74) is 0.427. The van der Waals surface area contributed by atoms with E-state index in [9.17, 15) is 14.0 Å². The fourth-order valence-electron chi connectivity index (χ4n) is 2.72. The van der Waals surface area contributed by atoms with Crippen LogP contribution in [0.3, 0.4) is 0 Å². The molecule has 124 valence electrons. The lowest BCUT2D eigenvalue weighted by atomic mass is 10.0. The summed E-state index contributed by atoms with van der Waals surface area (Å²) in [6.07, 6.45) is 4.43. The summed E-state index contributed by atoms with van der Waals surface area (Å²) in [5.74, 6) is -1.65. The first-order chi connectivity index (χ1) is 11.6. The van der Waals surface area contributed by atoms with Crippen molar-refractivity contribution >= 4 is 29.1 Å². The highest BCUT2D eigenvalue weighted by molar-refractivity contribution is 6.33. The maximum atomic E-state index is 13.8. The van der Waals surface area contributed by atoms with Gasteiger partial charge in [0.15, 0.2) is 0 Å². The molecule has 1 aromatic carbocycles. The summed E-state index contributed by atoms with van der Waals surface area (Å²) in [6, 6.07) is 6.81. The molecule has 7 heteroatoms. The molecule has 1 aromatic heterocycles. The molecule has 0 saturated carbocycles. The van der Waals surface area contributed by atoms with Gasteiger partial charge in [-0.25, -0.2) is 4.39 Å². The largest absolute Gasteiger partial charge is 0.340 e. The van der Waals surface area contributed by atoms with E-state index in [1.165, 1.54) is 12.1 Å². The minimum absolute atomic E-state index is 0.0138. The van der Waals surface area contributed by atoms with E-state index in [1.54, 1.807) is 29.4 Å². The van der Waals surface area contributed by atoms with Gasteiger partial charge >= 0.3 is 0 Å². The molecule has 0 unspecified atom stereocenters. The molecule has 1 fully saturated rings. The predicted octanol–water partition coefficient (Wildman–Crippen LogP) is 2.80. The van der Waals surface area contributed by atoms with Gasteiger partial charge in [-0.05, 0) is 37.1 Å². The molecule has 24 heavy (non-hydrogen) atoms. The second-order valence-electron chi connectivity index (χ2n) is 5.47. The number of piperidine rings is 1. The van der Waals surface area contributed by atoms with Crippen LogP contribution < -0.4 is 10.2 Å².